The van der Waals surface area contributed by atoms with Crippen LogP contribution in [0.15, 0.2) is 48.5 Å². The lowest BCUT2D eigenvalue weighted by Crippen LogP contribution is -2.47. The molecular weight excluding hydrogens is 343 g/mol. The summed E-state index contributed by atoms with van der Waals surface area (Å²) < 4.78 is 0. The van der Waals surface area contributed by atoms with Gasteiger partial charge in [-0.15, -0.1) is 10.2 Å². The summed E-state index contributed by atoms with van der Waals surface area (Å²) in [5, 5.41) is 11.7. The van der Waals surface area contributed by atoms with Crippen molar-refractivity contribution < 1.29 is 0 Å². The molecule has 0 aliphatic carbocycles. The van der Waals surface area contributed by atoms with Crippen LogP contribution in [-0.4, -0.2) is 36.4 Å². The van der Waals surface area contributed by atoms with E-state index in [1.807, 2.05) is 36.4 Å². The summed E-state index contributed by atoms with van der Waals surface area (Å²) >= 11 is 12.3. The lowest BCUT2D eigenvalue weighted by atomic mass is 10.1. The molecule has 0 saturated carbocycles. The summed E-state index contributed by atoms with van der Waals surface area (Å²) in [5.74, 6) is 0.903. The summed E-state index contributed by atoms with van der Waals surface area (Å²) in [5.41, 5.74) is 1.16. The molecule has 6 heteroatoms. The molecule has 3 aromatic rings. The summed E-state index contributed by atoms with van der Waals surface area (Å²) in [6.07, 6.45) is 0. The van der Waals surface area contributed by atoms with Crippen molar-refractivity contribution in [2.24, 2.45) is 0 Å². The average molecular weight is 359 g/mol. The highest BCUT2D eigenvalue weighted by Crippen LogP contribution is 2.29. The van der Waals surface area contributed by atoms with Crippen molar-refractivity contribution >= 4 is 45.5 Å². The zero-order chi connectivity index (χ0) is 16.5. The fourth-order valence-corrected chi connectivity index (χ4v) is 3.53. The van der Waals surface area contributed by atoms with Gasteiger partial charge in [-0.05, 0) is 18.2 Å². The van der Waals surface area contributed by atoms with Crippen molar-refractivity contribution in [2.45, 2.75) is 0 Å². The molecule has 0 N–H and O–H groups in total. The number of halogens is 2. The molecule has 122 valence electrons. The van der Waals surface area contributed by atoms with Gasteiger partial charge in [0, 0.05) is 47.7 Å². The third kappa shape index (κ3) is 2.87. The Bertz CT molecular complexity index is 876. The lowest BCUT2D eigenvalue weighted by Gasteiger charge is -2.37. The van der Waals surface area contributed by atoms with Crippen molar-refractivity contribution in [2.75, 3.05) is 36.0 Å². The number of hydrogen-bond donors (Lipinski definition) is 0. The topological polar surface area (TPSA) is 32.3 Å². The third-order valence-electron chi connectivity index (χ3n) is 4.38. The number of nitrogens with zero attached hydrogens (tertiary/aromatic N) is 4. The number of aromatic nitrogens is 2. The van der Waals surface area contributed by atoms with Gasteiger partial charge in [0.25, 0.3) is 0 Å². The molecule has 1 aliphatic heterocycles. The van der Waals surface area contributed by atoms with E-state index in [0.717, 1.165) is 53.5 Å². The van der Waals surface area contributed by atoms with Crippen LogP contribution in [-0.2, 0) is 0 Å². The van der Waals surface area contributed by atoms with Gasteiger partial charge in [0.15, 0.2) is 11.0 Å². The average Bonchev–Trinajstić information content (AvgIpc) is 2.63. The summed E-state index contributed by atoms with van der Waals surface area (Å²) in [7, 11) is 0. The SMILES string of the molecule is Clc1cccc(N2CCN(c3nnc(Cl)c4ccccc34)CC2)c1. The quantitative estimate of drug-likeness (QED) is 0.684. The van der Waals surface area contributed by atoms with Gasteiger partial charge in [0.1, 0.15) is 0 Å². The van der Waals surface area contributed by atoms with Gasteiger partial charge in [0.2, 0.25) is 0 Å². The number of benzene rings is 2. The van der Waals surface area contributed by atoms with Crippen molar-refractivity contribution in [3.05, 3.63) is 58.7 Å². The molecule has 0 atom stereocenters. The highest BCUT2D eigenvalue weighted by molar-refractivity contribution is 6.34. The minimum atomic E-state index is 0.451. The predicted molar refractivity (Wildman–Crippen MR) is 100 cm³/mol. The number of hydrogen-bond acceptors (Lipinski definition) is 4. The van der Waals surface area contributed by atoms with Crippen molar-refractivity contribution in [1.29, 1.82) is 0 Å². The molecule has 4 nitrogen and oxygen atoms in total. The van der Waals surface area contributed by atoms with E-state index in [9.17, 15) is 0 Å². The molecular formula is C18H16Cl2N4. The molecule has 1 saturated heterocycles. The van der Waals surface area contributed by atoms with E-state index >= 15 is 0 Å². The minimum Gasteiger partial charge on any atom is -0.368 e. The van der Waals surface area contributed by atoms with Gasteiger partial charge >= 0.3 is 0 Å². The Morgan fingerprint density at radius 1 is 0.750 bits per heavy atom. The highest BCUT2D eigenvalue weighted by atomic mass is 35.5. The molecule has 0 amide bonds. The van der Waals surface area contributed by atoms with Gasteiger partial charge < -0.3 is 9.80 Å². The molecule has 0 radical (unpaired) electrons. The maximum absolute atomic E-state index is 6.17. The van der Waals surface area contributed by atoms with Crippen LogP contribution in [0.4, 0.5) is 11.5 Å². The summed E-state index contributed by atoms with van der Waals surface area (Å²) in [6.45, 7) is 3.59. The summed E-state index contributed by atoms with van der Waals surface area (Å²) in [6, 6.07) is 16.0. The van der Waals surface area contributed by atoms with E-state index < -0.39 is 0 Å². The molecule has 1 fully saturated rings. The fraction of sp³-hybridized carbons (Fsp3) is 0.222. The van der Waals surface area contributed by atoms with E-state index in [-0.39, 0.29) is 0 Å². The first-order chi connectivity index (χ1) is 11.7. The highest BCUT2D eigenvalue weighted by Gasteiger charge is 2.21. The fourth-order valence-electron chi connectivity index (χ4n) is 3.14. The molecule has 0 unspecified atom stereocenters. The molecule has 0 bridgehead atoms. The standard InChI is InChI=1S/C18H16Cl2N4/c19-13-4-3-5-14(12-13)23-8-10-24(11-9-23)18-16-7-2-1-6-15(16)17(20)21-22-18/h1-7,12H,8-11H2. The molecule has 2 aromatic carbocycles. The Balaban J connectivity index is 1.57. The molecule has 0 spiro atoms. The van der Waals surface area contributed by atoms with Gasteiger partial charge in [-0.3, -0.25) is 0 Å². The van der Waals surface area contributed by atoms with Gasteiger partial charge in [-0.1, -0.05) is 53.5 Å². The predicted octanol–water partition coefficient (Wildman–Crippen LogP) is 4.26. The van der Waals surface area contributed by atoms with Crippen molar-refractivity contribution in [3.8, 4) is 0 Å². The Morgan fingerprint density at radius 2 is 1.46 bits per heavy atom. The van der Waals surface area contributed by atoms with Gasteiger partial charge in [-0.2, -0.15) is 0 Å². The Morgan fingerprint density at radius 3 is 2.21 bits per heavy atom. The monoisotopic (exact) mass is 358 g/mol. The van der Waals surface area contributed by atoms with Crippen LogP contribution in [0.3, 0.4) is 0 Å². The molecule has 1 aromatic heterocycles. The van der Waals surface area contributed by atoms with Crippen LogP contribution >= 0.6 is 23.2 Å². The normalized spacial score (nSPS) is 15.1. The number of fused-ring (bicyclic) bond motifs is 1. The lowest BCUT2D eigenvalue weighted by molar-refractivity contribution is 0.646. The van der Waals surface area contributed by atoms with E-state index in [2.05, 4.69) is 32.1 Å². The Labute approximate surface area is 150 Å². The minimum absolute atomic E-state index is 0.451. The smallest absolute Gasteiger partial charge is 0.159 e. The second-order valence-electron chi connectivity index (χ2n) is 5.81. The van der Waals surface area contributed by atoms with Crippen LogP contribution in [0.2, 0.25) is 10.2 Å². The van der Waals surface area contributed by atoms with Crippen LogP contribution in [0.1, 0.15) is 0 Å². The second-order valence-corrected chi connectivity index (χ2v) is 6.61. The number of rotatable bonds is 2. The van der Waals surface area contributed by atoms with E-state index in [1.54, 1.807) is 0 Å². The van der Waals surface area contributed by atoms with Crippen LogP contribution in [0, 0.1) is 0 Å². The first kappa shape index (κ1) is 15.5. The number of anilines is 2. The zero-order valence-corrected chi connectivity index (χ0v) is 14.5. The van der Waals surface area contributed by atoms with Gasteiger partial charge in [-0.25, -0.2) is 0 Å². The maximum Gasteiger partial charge on any atom is 0.159 e. The largest absolute Gasteiger partial charge is 0.368 e. The Kier molecular flexibility index (Phi) is 4.17. The van der Waals surface area contributed by atoms with E-state index in [1.165, 1.54) is 0 Å². The first-order valence-electron chi connectivity index (χ1n) is 7.89. The molecule has 2 heterocycles. The molecule has 1 aliphatic rings. The first-order valence-corrected chi connectivity index (χ1v) is 8.64. The van der Waals surface area contributed by atoms with E-state index in [4.69, 9.17) is 23.2 Å². The second kappa shape index (κ2) is 6.46. The summed E-state index contributed by atoms with van der Waals surface area (Å²) in [4.78, 5) is 4.61. The number of piperazine rings is 1. The van der Waals surface area contributed by atoms with Crippen LogP contribution in [0.5, 0.6) is 0 Å². The van der Waals surface area contributed by atoms with E-state index in [0.29, 0.717) is 5.15 Å². The van der Waals surface area contributed by atoms with Crippen LogP contribution in [0.25, 0.3) is 10.8 Å². The van der Waals surface area contributed by atoms with Crippen molar-refractivity contribution in [1.82, 2.24) is 10.2 Å². The molecule has 24 heavy (non-hydrogen) atoms. The van der Waals surface area contributed by atoms with Gasteiger partial charge in [0.05, 0.1) is 0 Å². The maximum atomic E-state index is 6.17. The zero-order valence-electron chi connectivity index (χ0n) is 13.0. The van der Waals surface area contributed by atoms with Crippen molar-refractivity contribution in [3.63, 3.8) is 0 Å². The molecule has 4 rings (SSSR count). The third-order valence-corrected chi connectivity index (χ3v) is 4.89. The Hall–Kier alpha value is -2.04. The van der Waals surface area contributed by atoms with Crippen LogP contribution < -0.4 is 9.80 Å².